The lowest BCUT2D eigenvalue weighted by atomic mass is 9.94. The zero-order valence-corrected chi connectivity index (χ0v) is 11.3. The summed E-state index contributed by atoms with van der Waals surface area (Å²) in [6.45, 7) is 6.30. The van der Waals surface area contributed by atoms with Crippen molar-refractivity contribution in [1.82, 2.24) is 5.32 Å². The molecule has 1 aliphatic heterocycles. The molecule has 1 amide bonds. The van der Waals surface area contributed by atoms with Crippen LogP contribution < -0.4 is 5.32 Å². The molecular weight excluding hydrogens is 222 g/mol. The molecule has 1 fully saturated rings. The van der Waals surface area contributed by atoms with E-state index in [1.54, 1.807) is 6.92 Å². The van der Waals surface area contributed by atoms with Gasteiger partial charge in [0.1, 0.15) is 0 Å². The Labute approximate surface area is 102 Å². The Bertz CT molecular complexity index is 235. The van der Waals surface area contributed by atoms with Gasteiger partial charge in [0.25, 0.3) is 0 Å². The average Bonchev–Trinajstić information content (AvgIpc) is 2.64. The molecule has 2 unspecified atom stereocenters. The lowest BCUT2D eigenvalue weighted by Crippen LogP contribution is -2.43. The van der Waals surface area contributed by atoms with E-state index >= 15 is 0 Å². The Balaban J connectivity index is 2.29. The summed E-state index contributed by atoms with van der Waals surface area (Å²) in [5.74, 6) is 2.71. The molecule has 2 atom stereocenters. The molecule has 1 saturated heterocycles. The van der Waals surface area contributed by atoms with Crippen LogP contribution in [0.2, 0.25) is 0 Å². The van der Waals surface area contributed by atoms with Crippen LogP contribution in [-0.2, 0) is 4.79 Å². The highest BCUT2D eigenvalue weighted by molar-refractivity contribution is 7.99. The van der Waals surface area contributed by atoms with Gasteiger partial charge in [0, 0.05) is 18.2 Å². The minimum atomic E-state index is -0.782. The van der Waals surface area contributed by atoms with E-state index in [9.17, 15) is 9.90 Å². The van der Waals surface area contributed by atoms with Crippen molar-refractivity contribution in [3.8, 4) is 0 Å². The highest BCUT2D eigenvalue weighted by Crippen LogP contribution is 2.23. The second-order valence-corrected chi connectivity index (χ2v) is 6.52. The molecule has 4 heteroatoms. The van der Waals surface area contributed by atoms with Crippen LogP contribution in [0.4, 0.5) is 0 Å². The molecule has 0 spiro atoms. The summed E-state index contributed by atoms with van der Waals surface area (Å²) in [5, 5.41) is 12.9. The van der Waals surface area contributed by atoms with Gasteiger partial charge in [0.2, 0.25) is 5.91 Å². The maximum atomic E-state index is 11.7. The largest absolute Gasteiger partial charge is 0.388 e. The smallest absolute Gasteiger partial charge is 0.224 e. The normalized spacial score (nSPS) is 24.4. The fraction of sp³-hybridized carbons (Fsp3) is 0.917. The number of carbonyl (C=O) groups excluding carboxylic acids is 1. The van der Waals surface area contributed by atoms with Crippen LogP contribution in [0.15, 0.2) is 0 Å². The van der Waals surface area contributed by atoms with Gasteiger partial charge in [-0.25, -0.2) is 0 Å². The molecule has 0 aromatic carbocycles. The first kappa shape index (κ1) is 13.8. The van der Waals surface area contributed by atoms with E-state index in [0.717, 1.165) is 17.9 Å². The number of amides is 1. The van der Waals surface area contributed by atoms with Gasteiger partial charge in [-0.1, -0.05) is 13.8 Å². The van der Waals surface area contributed by atoms with Crippen LogP contribution in [0.25, 0.3) is 0 Å². The molecule has 3 nitrogen and oxygen atoms in total. The summed E-state index contributed by atoms with van der Waals surface area (Å²) in [6.07, 6.45) is 1.69. The predicted molar refractivity (Wildman–Crippen MR) is 68.5 cm³/mol. The number of thioether (sulfide) groups is 1. The van der Waals surface area contributed by atoms with Crippen molar-refractivity contribution in [3.05, 3.63) is 0 Å². The van der Waals surface area contributed by atoms with Gasteiger partial charge in [-0.3, -0.25) is 4.79 Å². The first-order chi connectivity index (χ1) is 7.41. The van der Waals surface area contributed by atoms with Crippen LogP contribution >= 0.6 is 11.8 Å². The summed E-state index contributed by atoms with van der Waals surface area (Å²) in [4.78, 5) is 11.7. The Kier molecular flexibility index (Phi) is 5.12. The molecule has 0 aromatic heterocycles. The van der Waals surface area contributed by atoms with Crippen molar-refractivity contribution in [3.63, 3.8) is 0 Å². The number of aliphatic hydroxyl groups is 1. The first-order valence-corrected chi connectivity index (χ1v) is 7.14. The number of carbonyl (C=O) groups is 1. The molecule has 0 aromatic rings. The molecule has 16 heavy (non-hydrogen) atoms. The third-order valence-corrected chi connectivity index (χ3v) is 3.95. The molecule has 0 aliphatic carbocycles. The van der Waals surface area contributed by atoms with Crippen LogP contribution in [0.5, 0.6) is 0 Å². The molecule has 1 aliphatic rings. The van der Waals surface area contributed by atoms with Crippen LogP contribution in [0, 0.1) is 11.8 Å². The van der Waals surface area contributed by atoms with Crippen molar-refractivity contribution in [2.24, 2.45) is 11.8 Å². The molecule has 94 valence electrons. The maximum absolute atomic E-state index is 11.7. The third kappa shape index (κ3) is 4.74. The average molecular weight is 245 g/mol. The van der Waals surface area contributed by atoms with Crippen molar-refractivity contribution >= 4 is 17.7 Å². The van der Waals surface area contributed by atoms with Crippen LogP contribution in [0.3, 0.4) is 0 Å². The Morgan fingerprint density at radius 3 is 2.81 bits per heavy atom. The molecule has 0 bridgehead atoms. The monoisotopic (exact) mass is 245 g/mol. The van der Waals surface area contributed by atoms with E-state index in [0.29, 0.717) is 18.9 Å². The number of hydrogen-bond donors (Lipinski definition) is 2. The summed E-state index contributed by atoms with van der Waals surface area (Å²) >= 11 is 1.83. The van der Waals surface area contributed by atoms with Gasteiger partial charge >= 0.3 is 0 Å². The van der Waals surface area contributed by atoms with Gasteiger partial charge in [0.15, 0.2) is 0 Å². The summed E-state index contributed by atoms with van der Waals surface area (Å²) in [6, 6.07) is 0. The third-order valence-electron chi connectivity index (χ3n) is 2.79. The molecule has 1 heterocycles. The number of nitrogens with one attached hydrogen (secondary N) is 1. The lowest BCUT2D eigenvalue weighted by molar-refractivity contribution is -0.125. The fourth-order valence-corrected chi connectivity index (χ4v) is 3.34. The van der Waals surface area contributed by atoms with Crippen molar-refractivity contribution in [2.45, 2.75) is 39.2 Å². The second kappa shape index (κ2) is 5.92. The minimum Gasteiger partial charge on any atom is -0.388 e. The topological polar surface area (TPSA) is 49.3 Å². The summed E-state index contributed by atoms with van der Waals surface area (Å²) in [5.41, 5.74) is -0.782. The minimum absolute atomic E-state index is 0.106. The molecule has 1 rings (SSSR count). The zero-order chi connectivity index (χ0) is 12.2. The van der Waals surface area contributed by atoms with Crippen LogP contribution in [-0.4, -0.2) is 34.7 Å². The molecule has 0 radical (unpaired) electrons. The molecule has 2 N–H and O–H groups in total. The number of rotatable bonds is 5. The Morgan fingerprint density at radius 1 is 1.62 bits per heavy atom. The quantitative estimate of drug-likeness (QED) is 0.774. The van der Waals surface area contributed by atoms with Crippen LogP contribution in [0.1, 0.15) is 33.6 Å². The predicted octanol–water partition coefficient (Wildman–Crippen LogP) is 1.65. The van der Waals surface area contributed by atoms with Crippen molar-refractivity contribution in [1.29, 1.82) is 0 Å². The van der Waals surface area contributed by atoms with E-state index in [-0.39, 0.29) is 11.8 Å². The Morgan fingerprint density at radius 2 is 2.31 bits per heavy atom. The first-order valence-electron chi connectivity index (χ1n) is 5.98. The number of hydrogen-bond acceptors (Lipinski definition) is 3. The van der Waals surface area contributed by atoms with E-state index < -0.39 is 5.60 Å². The maximum Gasteiger partial charge on any atom is 0.224 e. The summed E-state index contributed by atoms with van der Waals surface area (Å²) in [7, 11) is 0. The van der Waals surface area contributed by atoms with Gasteiger partial charge in [-0.15, -0.1) is 0 Å². The summed E-state index contributed by atoms with van der Waals surface area (Å²) < 4.78 is 0. The SMILES string of the molecule is CC(C)CC(C)(O)CNC(=O)C1CCSC1. The lowest BCUT2D eigenvalue weighted by Gasteiger charge is -2.26. The second-order valence-electron chi connectivity index (χ2n) is 5.37. The van der Waals surface area contributed by atoms with E-state index in [1.807, 2.05) is 11.8 Å². The van der Waals surface area contributed by atoms with Crippen molar-refractivity contribution in [2.75, 3.05) is 18.1 Å². The van der Waals surface area contributed by atoms with Crippen molar-refractivity contribution < 1.29 is 9.90 Å². The van der Waals surface area contributed by atoms with E-state index in [2.05, 4.69) is 19.2 Å². The van der Waals surface area contributed by atoms with E-state index in [4.69, 9.17) is 0 Å². The molecule has 0 saturated carbocycles. The zero-order valence-electron chi connectivity index (χ0n) is 10.5. The standard InChI is InChI=1S/C12H23NO2S/c1-9(2)6-12(3,15)8-13-11(14)10-4-5-16-7-10/h9-10,15H,4-8H2,1-3H3,(H,13,14). The van der Waals surface area contributed by atoms with Gasteiger partial charge in [0.05, 0.1) is 5.60 Å². The molecular formula is C12H23NO2S. The Hall–Kier alpha value is -0.220. The van der Waals surface area contributed by atoms with Gasteiger partial charge in [-0.05, 0) is 31.4 Å². The highest BCUT2D eigenvalue weighted by Gasteiger charge is 2.26. The van der Waals surface area contributed by atoms with Gasteiger partial charge in [-0.2, -0.15) is 11.8 Å². The van der Waals surface area contributed by atoms with E-state index in [1.165, 1.54) is 0 Å². The highest BCUT2D eigenvalue weighted by atomic mass is 32.2. The fourth-order valence-electron chi connectivity index (χ4n) is 2.11. The van der Waals surface area contributed by atoms with Gasteiger partial charge < -0.3 is 10.4 Å².